The van der Waals surface area contributed by atoms with Crippen molar-refractivity contribution in [1.29, 1.82) is 0 Å². The zero-order chi connectivity index (χ0) is 14.6. The molecule has 5 nitrogen and oxygen atoms in total. The number of primary sulfonamides is 1. The third kappa shape index (κ3) is 4.22. The van der Waals surface area contributed by atoms with Crippen LogP contribution in [-0.4, -0.2) is 31.9 Å². The van der Waals surface area contributed by atoms with Gasteiger partial charge in [0.05, 0.1) is 10.1 Å². The Bertz CT molecular complexity index is 564. The van der Waals surface area contributed by atoms with Gasteiger partial charge < -0.3 is 5.32 Å². The molecule has 0 saturated carbocycles. The van der Waals surface area contributed by atoms with Gasteiger partial charge in [-0.2, -0.15) is 0 Å². The van der Waals surface area contributed by atoms with E-state index < -0.39 is 10.0 Å². The number of nitrogens with two attached hydrogens (primary N) is 1. The molecular weight excluding hydrogens is 296 g/mol. The molecule has 1 heterocycles. The van der Waals surface area contributed by atoms with Gasteiger partial charge in [-0.3, -0.25) is 4.79 Å². The first-order valence-corrected chi connectivity index (χ1v) is 9.07. The van der Waals surface area contributed by atoms with E-state index in [1.807, 2.05) is 0 Å². The molecule has 0 aromatic heterocycles. The van der Waals surface area contributed by atoms with Crippen LogP contribution in [0.4, 0.5) is 0 Å². The monoisotopic (exact) mass is 314 g/mol. The zero-order valence-corrected chi connectivity index (χ0v) is 12.7. The summed E-state index contributed by atoms with van der Waals surface area (Å²) in [7, 11) is -3.64. The van der Waals surface area contributed by atoms with E-state index in [-0.39, 0.29) is 16.1 Å². The molecular formula is C13H18N2O3S2. The predicted molar refractivity (Wildman–Crippen MR) is 80.0 cm³/mol. The number of amides is 1. The fraction of sp³-hybridized carbons (Fsp3) is 0.462. The summed E-state index contributed by atoms with van der Waals surface area (Å²) in [6.07, 6.45) is 2.74. The highest BCUT2D eigenvalue weighted by atomic mass is 32.2. The third-order valence-electron chi connectivity index (χ3n) is 3.19. The fourth-order valence-corrected chi connectivity index (χ4v) is 3.78. The summed E-state index contributed by atoms with van der Waals surface area (Å²) in [5.74, 6) is 1.17. The fourth-order valence-electron chi connectivity index (χ4n) is 2.07. The number of sulfonamides is 1. The SMILES string of the molecule is NS(=O)(=O)c1ccc(CCNC(=O)C2CCCS2)cc1. The number of hydrogen-bond acceptors (Lipinski definition) is 4. The van der Waals surface area contributed by atoms with Crippen LogP contribution in [0.5, 0.6) is 0 Å². The maximum atomic E-state index is 11.8. The Morgan fingerprint density at radius 1 is 1.35 bits per heavy atom. The molecule has 0 radical (unpaired) electrons. The van der Waals surface area contributed by atoms with Gasteiger partial charge in [0.25, 0.3) is 0 Å². The van der Waals surface area contributed by atoms with E-state index in [0.29, 0.717) is 13.0 Å². The van der Waals surface area contributed by atoms with Crippen molar-refractivity contribution >= 4 is 27.7 Å². The molecule has 3 N–H and O–H groups in total. The Balaban J connectivity index is 1.81. The van der Waals surface area contributed by atoms with Crippen LogP contribution in [0.25, 0.3) is 0 Å². The third-order valence-corrected chi connectivity index (χ3v) is 5.49. The Morgan fingerprint density at radius 2 is 2.05 bits per heavy atom. The molecule has 1 amide bonds. The van der Waals surface area contributed by atoms with E-state index in [2.05, 4.69) is 5.32 Å². The molecule has 0 spiro atoms. The number of carbonyl (C=O) groups excluding carboxylic acids is 1. The summed E-state index contributed by atoms with van der Waals surface area (Å²) in [4.78, 5) is 11.9. The lowest BCUT2D eigenvalue weighted by Gasteiger charge is -2.10. The molecule has 1 saturated heterocycles. The van der Waals surface area contributed by atoms with Crippen LogP contribution < -0.4 is 10.5 Å². The summed E-state index contributed by atoms with van der Waals surface area (Å²) in [5, 5.41) is 8.04. The molecule has 0 aliphatic carbocycles. The molecule has 1 aromatic rings. The second-order valence-corrected chi connectivity index (χ2v) is 7.60. The lowest BCUT2D eigenvalue weighted by Crippen LogP contribution is -2.32. The Kier molecular flexibility index (Phi) is 5.06. The Hall–Kier alpha value is -1.05. The number of rotatable bonds is 5. The summed E-state index contributed by atoms with van der Waals surface area (Å²) < 4.78 is 22.2. The smallest absolute Gasteiger partial charge is 0.238 e. The van der Waals surface area contributed by atoms with Crippen molar-refractivity contribution in [3.05, 3.63) is 29.8 Å². The van der Waals surface area contributed by atoms with Crippen molar-refractivity contribution in [2.75, 3.05) is 12.3 Å². The second kappa shape index (κ2) is 6.60. The van der Waals surface area contributed by atoms with Gasteiger partial charge in [0.1, 0.15) is 0 Å². The average Bonchev–Trinajstić information content (AvgIpc) is 2.92. The predicted octanol–water partition coefficient (Wildman–Crippen LogP) is 0.888. The molecule has 1 aliphatic heterocycles. The van der Waals surface area contributed by atoms with Gasteiger partial charge in [0.2, 0.25) is 15.9 Å². The maximum absolute atomic E-state index is 11.8. The van der Waals surface area contributed by atoms with Crippen LogP contribution in [0.2, 0.25) is 0 Å². The largest absolute Gasteiger partial charge is 0.355 e. The lowest BCUT2D eigenvalue weighted by molar-refractivity contribution is -0.120. The quantitative estimate of drug-likeness (QED) is 0.844. The number of benzene rings is 1. The first-order chi connectivity index (χ1) is 9.47. The molecule has 1 aromatic carbocycles. The first kappa shape index (κ1) is 15.3. The molecule has 1 fully saturated rings. The van der Waals surface area contributed by atoms with Crippen molar-refractivity contribution in [3.8, 4) is 0 Å². The summed E-state index contributed by atoms with van der Waals surface area (Å²) in [6.45, 7) is 0.560. The number of nitrogens with one attached hydrogen (secondary N) is 1. The van der Waals surface area contributed by atoms with Crippen LogP contribution in [0, 0.1) is 0 Å². The lowest BCUT2D eigenvalue weighted by atomic mass is 10.1. The maximum Gasteiger partial charge on any atom is 0.238 e. The highest BCUT2D eigenvalue weighted by Gasteiger charge is 2.22. The summed E-state index contributed by atoms with van der Waals surface area (Å²) >= 11 is 1.71. The van der Waals surface area contributed by atoms with E-state index in [9.17, 15) is 13.2 Å². The average molecular weight is 314 g/mol. The molecule has 1 atom stereocenters. The van der Waals surface area contributed by atoms with Crippen molar-refractivity contribution in [3.63, 3.8) is 0 Å². The minimum absolute atomic E-state index is 0.0970. The van der Waals surface area contributed by atoms with Gasteiger partial charge in [-0.25, -0.2) is 13.6 Å². The molecule has 110 valence electrons. The summed E-state index contributed by atoms with van der Waals surface area (Å²) in [6, 6.07) is 6.41. The first-order valence-electron chi connectivity index (χ1n) is 6.48. The van der Waals surface area contributed by atoms with Crippen molar-refractivity contribution in [2.24, 2.45) is 5.14 Å². The van der Waals surface area contributed by atoms with E-state index in [4.69, 9.17) is 5.14 Å². The number of hydrogen-bond donors (Lipinski definition) is 2. The van der Waals surface area contributed by atoms with Crippen molar-refractivity contribution in [2.45, 2.75) is 29.4 Å². The molecule has 0 bridgehead atoms. The van der Waals surface area contributed by atoms with E-state index >= 15 is 0 Å². The van der Waals surface area contributed by atoms with Crippen LogP contribution in [0.1, 0.15) is 18.4 Å². The van der Waals surface area contributed by atoms with Gasteiger partial charge in [-0.15, -0.1) is 11.8 Å². The van der Waals surface area contributed by atoms with Crippen LogP contribution in [-0.2, 0) is 21.2 Å². The van der Waals surface area contributed by atoms with Crippen molar-refractivity contribution in [1.82, 2.24) is 5.32 Å². The normalized spacial score (nSPS) is 18.9. The van der Waals surface area contributed by atoms with Gasteiger partial charge in [0.15, 0.2) is 0 Å². The molecule has 1 unspecified atom stereocenters. The Morgan fingerprint density at radius 3 is 2.60 bits per heavy atom. The molecule has 7 heteroatoms. The highest BCUT2D eigenvalue weighted by molar-refractivity contribution is 8.00. The van der Waals surface area contributed by atoms with Gasteiger partial charge in [0, 0.05) is 6.54 Å². The van der Waals surface area contributed by atoms with E-state index in [1.165, 1.54) is 12.1 Å². The highest BCUT2D eigenvalue weighted by Crippen LogP contribution is 2.25. The van der Waals surface area contributed by atoms with Crippen LogP contribution in [0.3, 0.4) is 0 Å². The topological polar surface area (TPSA) is 89.3 Å². The Labute approximate surface area is 123 Å². The zero-order valence-electron chi connectivity index (χ0n) is 11.0. The standard InChI is InChI=1S/C13H18N2O3S2/c14-20(17,18)11-5-3-10(4-6-11)7-8-15-13(16)12-2-1-9-19-12/h3-6,12H,1-2,7-9H2,(H,15,16)(H2,14,17,18). The van der Waals surface area contributed by atoms with E-state index in [0.717, 1.165) is 24.2 Å². The molecule has 1 aliphatic rings. The van der Waals surface area contributed by atoms with E-state index in [1.54, 1.807) is 23.9 Å². The van der Waals surface area contributed by atoms with Gasteiger partial charge >= 0.3 is 0 Å². The van der Waals surface area contributed by atoms with Crippen LogP contribution in [0.15, 0.2) is 29.2 Å². The van der Waals surface area contributed by atoms with Crippen LogP contribution >= 0.6 is 11.8 Å². The minimum atomic E-state index is -3.64. The van der Waals surface area contributed by atoms with Gasteiger partial charge in [-0.1, -0.05) is 12.1 Å². The minimum Gasteiger partial charge on any atom is -0.355 e. The number of carbonyl (C=O) groups is 1. The molecule has 2 rings (SSSR count). The summed E-state index contributed by atoms with van der Waals surface area (Å²) in [5.41, 5.74) is 0.969. The second-order valence-electron chi connectivity index (χ2n) is 4.73. The van der Waals surface area contributed by atoms with Crippen molar-refractivity contribution < 1.29 is 13.2 Å². The molecule has 20 heavy (non-hydrogen) atoms. The van der Waals surface area contributed by atoms with Gasteiger partial charge in [-0.05, 0) is 42.7 Å². The number of thioether (sulfide) groups is 1.